The SMILES string of the molecule is O=C(C[C@@H]1OCC[C@H]1O)Cn1cnc2cc(Br)c(Cl)cc2c1=O. The Morgan fingerprint density at radius 2 is 2.30 bits per heavy atom. The lowest BCUT2D eigenvalue weighted by Crippen LogP contribution is -2.29. The van der Waals surface area contributed by atoms with Crippen molar-refractivity contribution >= 4 is 44.2 Å². The smallest absolute Gasteiger partial charge is 0.261 e. The number of aliphatic hydroxyl groups is 1. The van der Waals surface area contributed by atoms with E-state index in [1.165, 1.54) is 17.0 Å². The van der Waals surface area contributed by atoms with E-state index in [2.05, 4.69) is 20.9 Å². The molecule has 23 heavy (non-hydrogen) atoms. The molecule has 0 bridgehead atoms. The number of fused-ring (bicyclic) bond motifs is 1. The summed E-state index contributed by atoms with van der Waals surface area (Å²) < 4.78 is 7.21. The summed E-state index contributed by atoms with van der Waals surface area (Å²) in [5, 5.41) is 10.4. The van der Waals surface area contributed by atoms with Crippen molar-refractivity contribution in [3.63, 3.8) is 0 Å². The van der Waals surface area contributed by atoms with Gasteiger partial charge >= 0.3 is 0 Å². The molecule has 0 radical (unpaired) electrons. The highest BCUT2D eigenvalue weighted by atomic mass is 79.9. The molecule has 0 saturated carbocycles. The van der Waals surface area contributed by atoms with Crippen LogP contribution < -0.4 is 5.56 Å². The normalized spacial score (nSPS) is 21.0. The molecule has 8 heteroatoms. The molecule has 122 valence electrons. The Morgan fingerprint density at radius 3 is 3.00 bits per heavy atom. The largest absolute Gasteiger partial charge is 0.390 e. The van der Waals surface area contributed by atoms with Crippen molar-refractivity contribution in [2.75, 3.05) is 6.61 Å². The molecular weight excluding hydrogens is 388 g/mol. The fourth-order valence-electron chi connectivity index (χ4n) is 2.58. The van der Waals surface area contributed by atoms with Crippen molar-refractivity contribution in [3.05, 3.63) is 38.3 Å². The Balaban J connectivity index is 1.83. The van der Waals surface area contributed by atoms with Crippen LogP contribution in [0.5, 0.6) is 0 Å². The van der Waals surface area contributed by atoms with Gasteiger partial charge in [0.1, 0.15) is 0 Å². The number of hydrogen-bond donors (Lipinski definition) is 1. The van der Waals surface area contributed by atoms with Crippen LogP contribution in [0.1, 0.15) is 12.8 Å². The summed E-state index contributed by atoms with van der Waals surface area (Å²) in [6, 6.07) is 3.19. The van der Waals surface area contributed by atoms with E-state index in [-0.39, 0.29) is 24.3 Å². The second-order valence-electron chi connectivity index (χ2n) is 5.47. The number of ketones is 1. The van der Waals surface area contributed by atoms with E-state index in [9.17, 15) is 14.7 Å². The number of Topliss-reactive ketones (excluding diaryl/α,β-unsaturated/α-hetero) is 1. The van der Waals surface area contributed by atoms with Crippen molar-refractivity contribution in [2.24, 2.45) is 0 Å². The zero-order valence-electron chi connectivity index (χ0n) is 12.0. The third-order valence-corrected chi connectivity index (χ3v) is 5.01. The molecule has 1 aromatic carbocycles. The minimum Gasteiger partial charge on any atom is -0.390 e. The molecule has 1 N–H and O–H groups in total. The summed E-state index contributed by atoms with van der Waals surface area (Å²) in [6.07, 6.45) is 0.836. The predicted octanol–water partition coefficient (Wildman–Crippen LogP) is 1.92. The minimum atomic E-state index is -0.624. The lowest BCUT2D eigenvalue weighted by molar-refractivity contribution is -0.123. The lowest BCUT2D eigenvalue weighted by atomic mass is 10.1. The molecule has 6 nitrogen and oxygen atoms in total. The van der Waals surface area contributed by atoms with Crippen LogP contribution in [0.4, 0.5) is 0 Å². The van der Waals surface area contributed by atoms with Crippen molar-refractivity contribution in [2.45, 2.75) is 31.6 Å². The first-order valence-corrected chi connectivity index (χ1v) is 8.28. The predicted molar refractivity (Wildman–Crippen MR) is 88.7 cm³/mol. The average Bonchev–Trinajstić information content (AvgIpc) is 2.89. The Hall–Kier alpha value is -1.28. The Bertz CT molecular complexity index is 823. The summed E-state index contributed by atoms with van der Waals surface area (Å²) in [6.45, 7) is 0.339. The number of aromatic nitrogens is 2. The summed E-state index contributed by atoms with van der Waals surface area (Å²) >= 11 is 9.29. The van der Waals surface area contributed by atoms with E-state index in [0.29, 0.717) is 33.4 Å². The van der Waals surface area contributed by atoms with E-state index in [4.69, 9.17) is 16.3 Å². The third-order valence-electron chi connectivity index (χ3n) is 3.82. The Labute approximate surface area is 145 Å². The van der Waals surface area contributed by atoms with Crippen LogP contribution >= 0.6 is 27.5 Å². The molecular formula is C15H14BrClN2O4. The van der Waals surface area contributed by atoms with E-state index in [1.807, 2.05) is 0 Å². The number of hydrogen-bond acceptors (Lipinski definition) is 5. The molecule has 0 unspecified atom stereocenters. The van der Waals surface area contributed by atoms with E-state index >= 15 is 0 Å². The standard InChI is InChI=1S/C15H14BrClN2O4/c16-10-5-12-9(4-11(10)17)15(22)19(7-18-12)6-8(20)3-14-13(21)1-2-23-14/h4-5,7,13-14,21H,1-3,6H2/t13-,14+/m1/s1. The van der Waals surface area contributed by atoms with Gasteiger partial charge in [-0.3, -0.25) is 14.2 Å². The maximum absolute atomic E-state index is 12.4. The molecule has 0 amide bonds. The summed E-state index contributed by atoms with van der Waals surface area (Å²) in [7, 11) is 0. The molecule has 1 aromatic heterocycles. The Kier molecular flexibility index (Phi) is 4.82. The lowest BCUT2D eigenvalue weighted by Gasteiger charge is -2.13. The quantitative estimate of drug-likeness (QED) is 0.846. The van der Waals surface area contributed by atoms with Gasteiger partial charge in [0, 0.05) is 17.5 Å². The van der Waals surface area contributed by atoms with Crippen molar-refractivity contribution in [3.8, 4) is 0 Å². The van der Waals surface area contributed by atoms with Crippen LogP contribution in [0.15, 0.2) is 27.7 Å². The van der Waals surface area contributed by atoms with E-state index in [0.717, 1.165) is 0 Å². The molecule has 2 aromatic rings. The summed E-state index contributed by atoms with van der Waals surface area (Å²) in [4.78, 5) is 28.7. The molecule has 1 fully saturated rings. The van der Waals surface area contributed by atoms with Gasteiger partial charge < -0.3 is 9.84 Å². The maximum Gasteiger partial charge on any atom is 0.261 e. The van der Waals surface area contributed by atoms with Gasteiger partial charge in [-0.2, -0.15) is 0 Å². The fraction of sp³-hybridized carbons (Fsp3) is 0.400. The zero-order valence-corrected chi connectivity index (χ0v) is 14.4. The molecule has 2 heterocycles. The maximum atomic E-state index is 12.4. The second kappa shape index (κ2) is 6.68. The van der Waals surface area contributed by atoms with Crippen LogP contribution in [-0.4, -0.2) is 39.3 Å². The molecule has 1 aliphatic rings. The third kappa shape index (κ3) is 3.47. The highest BCUT2D eigenvalue weighted by Gasteiger charge is 2.28. The van der Waals surface area contributed by atoms with Crippen molar-refractivity contribution in [1.82, 2.24) is 9.55 Å². The molecule has 2 atom stereocenters. The highest BCUT2D eigenvalue weighted by Crippen LogP contribution is 2.25. The van der Waals surface area contributed by atoms with Gasteiger partial charge in [-0.15, -0.1) is 0 Å². The van der Waals surface area contributed by atoms with Crippen LogP contribution in [0.25, 0.3) is 10.9 Å². The topological polar surface area (TPSA) is 81.4 Å². The first-order chi connectivity index (χ1) is 11.0. The molecule has 0 spiro atoms. The first-order valence-electron chi connectivity index (χ1n) is 7.11. The summed E-state index contributed by atoms with van der Waals surface area (Å²) in [5.74, 6) is -0.192. The molecule has 1 saturated heterocycles. The van der Waals surface area contributed by atoms with Gasteiger partial charge in [-0.05, 0) is 34.5 Å². The number of carbonyl (C=O) groups is 1. The van der Waals surface area contributed by atoms with Gasteiger partial charge in [-0.1, -0.05) is 11.6 Å². The minimum absolute atomic E-state index is 0.0761. The zero-order chi connectivity index (χ0) is 16.6. The molecule has 0 aliphatic carbocycles. The van der Waals surface area contributed by atoms with Gasteiger partial charge in [0.2, 0.25) is 0 Å². The molecule has 1 aliphatic heterocycles. The number of aliphatic hydroxyl groups excluding tert-OH is 1. The number of carbonyl (C=O) groups excluding carboxylic acids is 1. The van der Waals surface area contributed by atoms with E-state index in [1.54, 1.807) is 6.07 Å². The van der Waals surface area contributed by atoms with Gasteiger partial charge in [-0.25, -0.2) is 4.98 Å². The van der Waals surface area contributed by atoms with Crippen LogP contribution in [0.3, 0.4) is 0 Å². The van der Waals surface area contributed by atoms with Crippen LogP contribution in [0, 0.1) is 0 Å². The van der Waals surface area contributed by atoms with Crippen molar-refractivity contribution < 1.29 is 14.6 Å². The number of ether oxygens (including phenoxy) is 1. The van der Waals surface area contributed by atoms with E-state index < -0.39 is 12.2 Å². The number of nitrogens with zero attached hydrogens (tertiary/aromatic N) is 2. The van der Waals surface area contributed by atoms with Crippen molar-refractivity contribution in [1.29, 1.82) is 0 Å². The van der Waals surface area contributed by atoms with Crippen LogP contribution in [-0.2, 0) is 16.1 Å². The average molecular weight is 402 g/mol. The monoisotopic (exact) mass is 400 g/mol. The summed E-state index contributed by atoms with van der Waals surface area (Å²) in [5.41, 5.74) is 0.176. The van der Waals surface area contributed by atoms with Crippen LogP contribution in [0.2, 0.25) is 5.02 Å². The fourth-order valence-corrected chi connectivity index (χ4v) is 3.07. The highest BCUT2D eigenvalue weighted by molar-refractivity contribution is 9.10. The van der Waals surface area contributed by atoms with Gasteiger partial charge in [0.25, 0.3) is 5.56 Å². The number of rotatable bonds is 4. The number of benzene rings is 1. The van der Waals surface area contributed by atoms with Gasteiger partial charge in [0.05, 0.1) is 41.0 Å². The molecule has 3 rings (SSSR count). The van der Waals surface area contributed by atoms with Gasteiger partial charge in [0.15, 0.2) is 5.78 Å². The number of halogens is 2. The Morgan fingerprint density at radius 1 is 1.52 bits per heavy atom. The first kappa shape index (κ1) is 16.6. The second-order valence-corrected chi connectivity index (χ2v) is 6.73.